The van der Waals surface area contributed by atoms with E-state index >= 15 is 0 Å². The Bertz CT molecular complexity index is 351. The van der Waals surface area contributed by atoms with Crippen LogP contribution < -0.4 is 11.1 Å². The van der Waals surface area contributed by atoms with Crippen LogP contribution in [0.1, 0.15) is 20.8 Å². The number of hydrogen-bond acceptors (Lipinski definition) is 3. The molecule has 0 heterocycles. The highest BCUT2D eigenvalue weighted by molar-refractivity contribution is 9.10. The molecule has 0 saturated carbocycles. The molecule has 0 aliphatic rings. The predicted octanol–water partition coefficient (Wildman–Crippen LogP) is 3.17. The molecular formula is C13H22BrN3. The third-order valence-electron chi connectivity index (χ3n) is 2.82. The van der Waals surface area contributed by atoms with Gasteiger partial charge in [0.25, 0.3) is 0 Å². The maximum absolute atomic E-state index is 5.72. The first-order valence-electron chi connectivity index (χ1n) is 6.10. The summed E-state index contributed by atoms with van der Waals surface area (Å²) in [5.74, 6) is 0. The molecule has 1 aromatic carbocycles. The molecule has 0 saturated heterocycles. The molecule has 96 valence electrons. The van der Waals surface area contributed by atoms with Gasteiger partial charge in [-0.25, -0.2) is 0 Å². The number of nitrogens with one attached hydrogen (secondary N) is 1. The third-order valence-corrected chi connectivity index (χ3v) is 3.48. The van der Waals surface area contributed by atoms with Gasteiger partial charge in [0.1, 0.15) is 0 Å². The van der Waals surface area contributed by atoms with Crippen molar-refractivity contribution < 1.29 is 0 Å². The molecule has 1 aromatic rings. The molecule has 1 unspecified atom stereocenters. The third kappa shape index (κ3) is 4.56. The number of anilines is 2. The summed E-state index contributed by atoms with van der Waals surface area (Å²) in [6, 6.07) is 6.26. The van der Waals surface area contributed by atoms with Crippen molar-refractivity contribution in [2.75, 3.05) is 30.7 Å². The monoisotopic (exact) mass is 299 g/mol. The molecule has 0 aromatic heterocycles. The van der Waals surface area contributed by atoms with Crippen LogP contribution in [0.25, 0.3) is 0 Å². The van der Waals surface area contributed by atoms with Gasteiger partial charge in [0.15, 0.2) is 0 Å². The largest absolute Gasteiger partial charge is 0.399 e. The van der Waals surface area contributed by atoms with Gasteiger partial charge >= 0.3 is 0 Å². The van der Waals surface area contributed by atoms with E-state index in [1.807, 2.05) is 18.2 Å². The average Bonchev–Trinajstić information content (AvgIpc) is 2.29. The van der Waals surface area contributed by atoms with Crippen molar-refractivity contribution in [2.24, 2.45) is 0 Å². The van der Waals surface area contributed by atoms with Gasteiger partial charge in [-0.05, 0) is 54.1 Å². The second-order valence-corrected chi connectivity index (χ2v) is 5.12. The van der Waals surface area contributed by atoms with Crippen LogP contribution in [0.5, 0.6) is 0 Å². The van der Waals surface area contributed by atoms with Gasteiger partial charge in [0.2, 0.25) is 0 Å². The molecule has 0 fully saturated rings. The van der Waals surface area contributed by atoms with E-state index in [4.69, 9.17) is 5.73 Å². The number of benzene rings is 1. The minimum Gasteiger partial charge on any atom is -0.399 e. The van der Waals surface area contributed by atoms with Crippen LogP contribution in [-0.4, -0.2) is 30.6 Å². The van der Waals surface area contributed by atoms with Crippen LogP contribution in [0.2, 0.25) is 0 Å². The lowest BCUT2D eigenvalue weighted by molar-refractivity contribution is 0.295. The molecule has 17 heavy (non-hydrogen) atoms. The zero-order valence-electron chi connectivity index (χ0n) is 10.8. The van der Waals surface area contributed by atoms with Crippen LogP contribution in [-0.2, 0) is 0 Å². The summed E-state index contributed by atoms with van der Waals surface area (Å²) in [6.07, 6.45) is 0. The van der Waals surface area contributed by atoms with E-state index < -0.39 is 0 Å². The smallest absolute Gasteiger partial charge is 0.0488 e. The van der Waals surface area contributed by atoms with Crippen LogP contribution in [0, 0.1) is 0 Å². The number of likely N-dealkylation sites (N-methyl/N-ethyl adjacent to an activating group) is 1. The molecule has 1 atom stereocenters. The first kappa shape index (κ1) is 14.3. The lowest BCUT2D eigenvalue weighted by Gasteiger charge is -2.24. The number of nitrogens with zero attached hydrogens (tertiary/aromatic N) is 1. The predicted molar refractivity (Wildman–Crippen MR) is 79.4 cm³/mol. The molecule has 0 aliphatic carbocycles. The average molecular weight is 300 g/mol. The first-order chi connectivity index (χ1) is 8.06. The van der Waals surface area contributed by atoms with Crippen molar-refractivity contribution in [1.29, 1.82) is 0 Å². The Balaban J connectivity index is 2.58. The van der Waals surface area contributed by atoms with Crippen LogP contribution in [0.15, 0.2) is 22.7 Å². The Morgan fingerprint density at radius 3 is 2.53 bits per heavy atom. The van der Waals surface area contributed by atoms with E-state index in [-0.39, 0.29) is 0 Å². The van der Waals surface area contributed by atoms with Gasteiger partial charge in [-0.1, -0.05) is 13.8 Å². The molecule has 0 amide bonds. The van der Waals surface area contributed by atoms with Crippen molar-refractivity contribution >= 4 is 27.3 Å². The van der Waals surface area contributed by atoms with Crippen LogP contribution >= 0.6 is 15.9 Å². The molecule has 1 rings (SSSR count). The molecule has 0 radical (unpaired) electrons. The fraction of sp³-hybridized carbons (Fsp3) is 0.538. The van der Waals surface area contributed by atoms with Crippen molar-refractivity contribution in [3.05, 3.63) is 22.7 Å². The van der Waals surface area contributed by atoms with Gasteiger partial charge in [0.05, 0.1) is 0 Å². The summed E-state index contributed by atoms with van der Waals surface area (Å²) in [5.41, 5.74) is 7.59. The van der Waals surface area contributed by atoms with E-state index in [2.05, 4.69) is 46.9 Å². The SMILES string of the molecule is CCN(CC)CC(C)Nc1ccc(N)cc1Br. The van der Waals surface area contributed by atoms with Crippen LogP contribution in [0.4, 0.5) is 11.4 Å². The van der Waals surface area contributed by atoms with E-state index in [0.717, 1.165) is 35.5 Å². The lowest BCUT2D eigenvalue weighted by Crippen LogP contribution is -2.34. The minimum absolute atomic E-state index is 0.412. The maximum Gasteiger partial charge on any atom is 0.0488 e. The number of rotatable bonds is 6. The Morgan fingerprint density at radius 2 is 2.00 bits per heavy atom. The standard InChI is InChI=1S/C13H22BrN3/c1-4-17(5-2)9-10(3)16-13-7-6-11(15)8-12(13)14/h6-8,10,16H,4-5,9,15H2,1-3H3. The summed E-state index contributed by atoms with van der Waals surface area (Å²) in [4.78, 5) is 2.41. The number of nitrogens with two attached hydrogens (primary N) is 1. The van der Waals surface area contributed by atoms with E-state index in [9.17, 15) is 0 Å². The van der Waals surface area contributed by atoms with E-state index in [0.29, 0.717) is 6.04 Å². The summed E-state index contributed by atoms with van der Waals surface area (Å²) in [7, 11) is 0. The van der Waals surface area contributed by atoms with Gasteiger partial charge in [-0.15, -0.1) is 0 Å². The highest BCUT2D eigenvalue weighted by Gasteiger charge is 2.08. The number of hydrogen-bond donors (Lipinski definition) is 2. The molecule has 3 nitrogen and oxygen atoms in total. The summed E-state index contributed by atoms with van der Waals surface area (Å²) < 4.78 is 1.02. The number of halogens is 1. The van der Waals surface area contributed by atoms with Gasteiger partial charge in [-0.2, -0.15) is 0 Å². The zero-order valence-corrected chi connectivity index (χ0v) is 12.4. The minimum atomic E-state index is 0.412. The summed E-state index contributed by atoms with van der Waals surface area (Å²) in [5, 5.41) is 3.49. The fourth-order valence-electron chi connectivity index (χ4n) is 1.83. The van der Waals surface area contributed by atoms with E-state index in [1.165, 1.54) is 0 Å². The van der Waals surface area contributed by atoms with Gasteiger partial charge < -0.3 is 16.0 Å². The first-order valence-corrected chi connectivity index (χ1v) is 6.90. The Hall–Kier alpha value is -0.740. The topological polar surface area (TPSA) is 41.3 Å². The highest BCUT2D eigenvalue weighted by atomic mass is 79.9. The number of nitrogen functional groups attached to an aromatic ring is 1. The van der Waals surface area contributed by atoms with E-state index in [1.54, 1.807) is 0 Å². The Morgan fingerprint density at radius 1 is 1.35 bits per heavy atom. The second kappa shape index (κ2) is 6.87. The van der Waals surface area contributed by atoms with Gasteiger partial charge in [-0.3, -0.25) is 0 Å². The van der Waals surface area contributed by atoms with Crippen molar-refractivity contribution in [3.63, 3.8) is 0 Å². The zero-order chi connectivity index (χ0) is 12.8. The second-order valence-electron chi connectivity index (χ2n) is 4.27. The van der Waals surface area contributed by atoms with Crippen molar-refractivity contribution in [3.8, 4) is 0 Å². The van der Waals surface area contributed by atoms with Gasteiger partial charge in [0, 0.05) is 28.4 Å². The molecule has 4 heteroatoms. The Kier molecular flexibility index (Phi) is 5.78. The summed E-state index contributed by atoms with van der Waals surface area (Å²) in [6.45, 7) is 9.80. The fourth-order valence-corrected chi connectivity index (χ4v) is 2.34. The van der Waals surface area contributed by atoms with Crippen molar-refractivity contribution in [2.45, 2.75) is 26.8 Å². The molecule has 0 spiro atoms. The molecule has 0 bridgehead atoms. The molecular weight excluding hydrogens is 278 g/mol. The summed E-state index contributed by atoms with van der Waals surface area (Å²) >= 11 is 3.52. The molecule has 0 aliphatic heterocycles. The maximum atomic E-state index is 5.72. The molecule has 3 N–H and O–H groups in total. The highest BCUT2D eigenvalue weighted by Crippen LogP contribution is 2.25. The lowest BCUT2D eigenvalue weighted by atomic mass is 10.2. The Labute approximate surface area is 113 Å². The quantitative estimate of drug-likeness (QED) is 0.793. The van der Waals surface area contributed by atoms with Crippen molar-refractivity contribution in [1.82, 2.24) is 4.90 Å². The van der Waals surface area contributed by atoms with Crippen LogP contribution in [0.3, 0.4) is 0 Å². The normalized spacial score (nSPS) is 12.8.